The molecule has 3 rings (SSSR count). The number of aromatic hydroxyl groups is 1. The van der Waals surface area contributed by atoms with Gasteiger partial charge in [0.25, 0.3) is 5.91 Å². The van der Waals surface area contributed by atoms with E-state index in [1.807, 2.05) is 0 Å². The van der Waals surface area contributed by atoms with Crippen LogP contribution in [0, 0.1) is 10.1 Å². The van der Waals surface area contributed by atoms with Crippen molar-refractivity contribution in [2.24, 2.45) is 0 Å². The molecule has 0 atom stereocenters. The quantitative estimate of drug-likeness (QED) is 0.289. The second-order valence-electron chi connectivity index (χ2n) is 5.12. The minimum atomic E-state index is -0.700. The average molecular weight is 472 g/mol. The Bertz CT molecular complexity index is 996. The van der Waals surface area contributed by atoms with Gasteiger partial charge in [0.1, 0.15) is 0 Å². The van der Waals surface area contributed by atoms with Gasteiger partial charge in [0, 0.05) is 21.1 Å². The van der Waals surface area contributed by atoms with E-state index in [1.165, 1.54) is 23.1 Å². The van der Waals surface area contributed by atoms with Crippen molar-refractivity contribution in [1.29, 1.82) is 0 Å². The van der Waals surface area contributed by atoms with E-state index in [-0.39, 0.29) is 10.5 Å². The van der Waals surface area contributed by atoms with Crippen LogP contribution in [-0.4, -0.2) is 20.3 Å². The molecule has 1 amide bonds. The van der Waals surface area contributed by atoms with Crippen LogP contribution in [0.3, 0.4) is 0 Å². The van der Waals surface area contributed by atoms with Gasteiger partial charge in [0.15, 0.2) is 4.32 Å². The number of hydrogen-bond acceptors (Lipinski definition) is 6. The maximum atomic E-state index is 12.7. The molecule has 0 unspecified atom stereocenters. The maximum absolute atomic E-state index is 12.7. The number of nitrogens with zero attached hydrogens (tertiary/aromatic N) is 2. The topological polar surface area (TPSA) is 83.7 Å². The first-order chi connectivity index (χ1) is 12.3. The van der Waals surface area contributed by atoms with Gasteiger partial charge in [0.2, 0.25) is 5.75 Å². The van der Waals surface area contributed by atoms with Gasteiger partial charge in [-0.3, -0.25) is 19.8 Å². The number of nitro benzene ring substituents is 1. The molecule has 132 valence electrons. The van der Waals surface area contributed by atoms with Crippen molar-refractivity contribution in [3.05, 3.63) is 66.5 Å². The summed E-state index contributed by atoms with van der Waals surface area (Å²) in [7, 11) is 0. The van der Waals surface area contributed by atoms with Crippen LogP contribution in [-0.2, 0) is 4.79 Å². The number of amides is 1. The molecule has 6 nitrogen and oxygen atoms in total. The van der Waals surface area contributed by atoms with Gasteiger partial charge in [-0.1, -0.05) is 57.6 Å². The molecule has 1 aliphatic heterocycles. The molecule has 2 aromatic rings. The molecule has 26 heavy (non-hydrogen) atoms. The molecule has 1 fully saturated rings. The molecular weight excluding hydrogens is 464 g/mol. The highest BCUT2D eigenvalue weighted by molar-refractivity contribution is 9.10. The van der Waals surface area contributed by atoms with E-state index in [2.05, 4.69) is 15.9 Å². The first-order valence-electron chi connectivity index (χ1n) is 6.98. The zero-order chi connectivity index (χ0) is 19.0. The second kappa shape index (κ2) is 7.36. The number of benzene rings is 2. The summed E-state index contributed by atoms with van der Waals surface area (Å²) in [4.78, 5) is 24.6. The summed E-state index contributed by atoms with van der Waals surface area (Å²) < 4.78 is 0.700. The molecule has 0 aliphatic carbocycles. The third-order valence-corrected chi connectivity index (χ3v) is 5.42. The lowest BCUT2D eigenvalue weighted by molar-refractivity contribution is -0.385. The fourth-order valence-electron chi connectivity index (χ4n) is 2.30. The second-order valence-corrected chi connectivity index (χ2v) is 8.14. The Hall–Kier alpha value is -1.94. The summed E-state index contributed by atoms with van der Waals surface area (Å²) in [6, 6.07) is 9.34. The lowest BCUT2D eigenvalue weighted by Crippen LogP contribution is -2.27. The monoisotopic (exact) mass is 470 g/mol. The van der Waals surface area contributed by atoms with Gasteiger partial charge in [-0.2, -0.15) is 0 Å². The van der Waals surface area contributed by atoms with Crippen LogP contribution in [0.5, 0.6) is 5.75 Å². The van der Waals surface area contributed by atoms with Crippen molar-refractivity contribution in [3.8, 4) is 5.75 Å². The van der Waals surface area contributed by atoms with Crippen molar-refractivity contribution in [2.75, 3.05) is 4.90 Å². The third kappa shape index (κ3) is 3.61. The van der Waals surface area contributed by atoms with Gasteiger partial charge in [-0.15, -0.1) is 0 Å². The maximum Gasteiger partial charge on any atom is 0.312 e. The molecule has 1 N–H and O–H groups in total. The Morgan fingerprint density at radius 2 is 2.08 bits per heavy atom. The average Bonchev–Trinajstić information content (AvgIpc) is 2.84. The predicted octanol–water partition coefficient (Wildman–Crippen LogP) is 5.12. The number of anilines is 1. The SMILES string of the molecule is O=C1C(=Cc2cc(Br)cc([N+](=O)[O-])c2O)SC(=S)N1c1cccc(Cl)c1. The summed E-state index contributed by atoms with van der Waals surface area (Å²) in [5, 5.41) is 21.6. The van der Waals surface area contributed by atoms with Crippen LogP contribution in [0.2, 0.25) is 5.02 Å². The molecule has 1 heterocycles. The van der Waals surface area contributed by atoms with Crippen LogP contribution in [0.1, 0.15) is 5.56 Å². The Morgan fingerprint density at radius 3 is 2.73 bits per heavy atom. The van der Waals surface area contributed by atoms with Crippen molar-refractivity contribution in [3.63, 3.8) is 0 Å². The number of halogens is 2. The molecule has 2 aromatic carbocycles. The van der Waals surface area contributed by atoms with Gasteiger partial charge < -0.3 is 5.11 Å². The highest BCUT2D eigenvalue weighted by Crippen LogP contribution is 2.40. The smallest absolute Gasteiger partial charge is 0.312 e. The molecule has 1 aliphatic rings. The number of hydrogen-bond donors (Lipinski definition) is 1. The number of thioether (sulfide) groups is 1. The fraction of sp³-hybridized carbons (Fsp3) is 0. The highest BCUT2D eigenvalue weighted by Gasteiger charge is 2.34. The highest BCUT2D eigenvalue weighted by atomic mass is 79.9. The molecule has 0 radical (unpaired) electrons. The minimum Gasteiger partial charge on any atom is -0.502 e. The zero-order valence-electron chi connectivity index (χ0n) is 12.7. The first-order valence-corrected chi connectivity index (χ1v) is 9.38. The van der Waals surface area contributed by atoms with E-state index < -0.39 is 22.3 Å². The van der Waals surface area contributed by atoms with Crippen LogP contribution < -0.4 is 4.90 Å². The summed E-state index contributed by atoms with van der Waals surface area (Å²) in [6.45, 7) is 0. The molecule has 0 bridgehead atoms. The number of phenols is 1. The Labute approximate surface area is 170 Å². The number of thiocarbonyl (C=S) groups is 1. The van der Waals surface area contributed by atoms with Crippen LogP contribution in [0.15, 0.2) is 45.8 Å². The van der Waals surface area contributed by atoms with E-state index in [4.69, 9.17) is 23.8 Å². The normalized spacial score (nSPS) is 15.8. The summed E-state index contributed by atoms with van der Waals surface area (Å²) in [5.41, 5.74) is 0.196. The van der Waals surface area contributed by atoms with Crippen LogP contribution in [0.25, 0.3) is 6.08 Å². The van der Waals surface area contributed by atoms with Crippen LogP contribution >= 0.6 is 51.5 Å². The van der Waals surface area contributed by atoms with Crippen molar-refractivity contribution < 1.29 is 14.8 Å². The lowest BCUT2D eigenvalue weighted by atomic mass is 10.1. The first kappa shape index (κ1) is 18.8. The molecule has 1 saturated heterocycles. The summed E-state index contributed by atoms with van der Waals surface area (Å²) in [5.74, 6) is -0.921. The largest absolute Gasteiger partial charge is 0.502 e. The van der Waals surface area contributed by atoms with E-state index >= 15 is 0 Å². The van der Waals surface area contributed by atoms with E-state index in [9.17, 15) is 20.0 Å². The molecule has 0 spiro atoms. The van der Waals surface area contributed by atoms with Gasteiger partial charge in [-0.25, -0.2) is 0 Å². The van der Waals surface area contributed by atoms with Gasteiger partial charge >= 0.3 is 5.69 Å². The zero-order valence-corrected chi connectivity index (χ0v) is 16.7. The number of phenolic OH excluding ortho intramolecular Hbond substituents is 1. The summed E-state index contributed by atoms with van der Waals surface area (Å²) >= 11 is 15.4. The number of nitro groups is 1. The van der Waals surface area contributed by atoms with Crippen molar-refractivity contribution in [2.45, 2.75) is 0 Å². The molecule has 0 saturated carbocycles. The Balaban J connectivity index is 2.03. The molecular formula is C16H8BrClN2O4S2. The van der Waals surface area contributed by atoms with E-state index in [1.54, 1.807) is 24.3 Å². The standard InChI is InChI=1S/C16H8BrClN2O4S2/c17-9-4-8(14(21)12(6-9)20(23)24)5-13-15(22)19(16(25)26-13)11-3-1-2-10(18)7-11/h1-7,21H. The number of carbonyl (C=O) groups is 1. The molecule has 10 heteroatoms. The number of carbonyl (C=O) groups excluding carboxylic acids is 1. The van der Waals surface area contributed by atoms with E-state index in [0.717, 1.165) is 11.8 Å². The summed E-state index contributed by atoms with van der Waals surface area (Å²) in [6.07, 6.45) is 1.37. The minimum absolute atomic E-state index is 0.137. The fourth-order valence-corrected chi connectivity index (χ4v) is 4.24. The predicted molar refractivity (Wildman–Crippen MR) is 110 cm³/mol. The van der Waals surface area contributed by atoms with Crippen LogP contribution in [0.4, 0.5) is 11.4 Å². The van der Waals surface area contributed by atoms with E-state index in [0.29, 0.717) is 19.5 Å². The van der Waals surface area contributed by atoms with Crippen molar-refractivity contribution in [1.82, 2.24) is 0 Å². The van der Waals surface area contributed by atoms with Gasteiger partial charge in [0.05, 0.1) is 15.5 Å². The number of rotatable bonds is 3. The Kier molecular flexibility index (Phi) is 5.33. The molecule has 0 aromatic heterocycles. The third-order valence-electron chi connectivity index (χ3n) is 3.43. The van der Waals surface area contributed by atoms with Gasteiger partial charge in [-0.05, 0) is 30.3 Å². The Morgan fingerprint density at radius 1 is 1.35 bits per heavy atom. The van der Waals surface area contributed by atoms with Crippen molar-refractivity contribution >= 4 is 79.2 Å². The lowest BCUT2D eigenvalue weighted by Gasteiger charge is -2.14.